The van der Waals surface area contributed by atoms with Crippen molar-refractivity contribution in [1.29, 1.82) is 0 Å². The maximum absolute atomic E-state index is 6.08. The van der Waals surface area contributed by atoms with E-state index in [0.29, 0.717) is 28.0 Å². The fourth-order valence-corrected chi connectivity index (χ4v) is 2.68. The molecule has 0 radical (unpaired) electrons. The summed E-state index contributed by atoms with van der Waals surface area (Å²) < 4.78 is 1.70. The van der Waals surface area contributed by atoms with Gasteiger partial charge >= 0.3 is 0 Å². The summed E-state index contributed by atoms with van der Waals surface area (Å²) in [7, 11) is 0. The van der Waals surface area contributed by atoms with Crippen molar-refractivity contribution in [3.8, 4) is 5.69 Å². The number of hydrogen-bond donors (Lipinski definition) is 1. The smallest absolute Gasteiger partial charge is 0.162 e. The van der Waals surface area contributed by atoms with Crippen molar-refractivity contribution in [2.24, 2.45) is 5.10 Å². The van der Waals surface area contributed by atoms with Crippen LogP contribution in [0.25, 0.3) is 5.69 Å². The number of aryl methyl sites for hydroxylation is 1. The number of hydrazone groups is 1. The molecule has 0 saturated heterocycles. The Morgan fingerprint density at radius 1 is 1.16 bits per heavy atom. The second kappa shape index (κ2) is 8.09. The molecule has 3 aromatic rings. The Kier molecular flexibility index (Phi) is 5.63. The first kappa shape index (κ1) is 17.4. The summed E-state index contributed by atoms with van der Waals surface area (Å²) in [6.45, 7) is 2.12. The lowest BCUT2D eigenvalue weighted by Gasteiger charge is -2.04. The van der Waals surface area contributed by atoms with Crippen molar-refractivity contribution in [1.82, 2.24) is 20.2 Å². The van der Waals surface area contributed by atoms with Gasteiger partial charge in [0, 0.05) is 17.7 Å². The first-order valence-corrected chi connectivity index (χ1v) is 8.52. The first-order valence-electron chi connectivity index (χ1n) is 7.76. The van der Waals surface area contributed by atoms with Crippen molar-refractivity contribution in [2.45, 2.75) is 19.8 Å². The van der Waals surface area contributed by atoms with Gasteiger partial charge in [-0.15, -0.1) is 5.10 Å². The third kappa shape index (κ3) is 4.35. The summed E-state index contributed by atoms with van der Waals surface area (Å²) in [6, 6.07) is 13.3. The zero-order chi connectivity index (χ0) is 17.6. The van der Waals surface area contributed by atoms with Gasteiger partial charge in [0.1, 0.15) is 0 Å². The van der Waals surface area contributed by atoms with E-state index >= 15 is 0 Å². The summed E-state index contributed by atoms with van der Waals surface area (Å²) in [5.41, 5.74) is 5.74. The lowest BCUT2D eigenvalue weighted by Crippen LogP contribution is -2.04. The van der Waals surface area contributed by atoms with E-state index in [1.807, 2.05) is 12.1 Å². The van der Waals surface area contributed by atoms with E-state index in [2.05, 4.69) is 45.1 Å². The standard InChI is InChI=1S/C17H16Cl2N6/c1-2-12-3-6-14(7-4-12)25-17(22-23-24-25)9-10-20-21-16-8-5-13(18)11-15(16)19/h3-8,10-11,21H,2,9H2,1H3/b20-10+. The average Bonchev–Trinajstić information content (AvgIpc) is 3.09. The van der Waals surface area contributed by atoms with E-state index in [-0.39, 0.29) is 0 Å². The number of nitrogens with one attached hydrogen (secondary N) is 1. The Labute approximate surface area is 155 Å². The Balaban J connectivity index is 1.66. The number of hydrogen-bond acceptors (Lipinski definition) is 5. The van der Waals surface area contributed by atoms with Crippen LogP contribution in [-0.2, 0) is 12.8 Å². The molecule has 1 N–H and O–H groups in total. The number of aromatic nitrogens is 4. The van der Waals surface area contributed by atoms with Gasteiger partial charge < -0.3 is 0 Å². The number of tetrazole rings is 1. The van der Waals surface area contributed by atoms with Gasteiger partial charge in [0.2, 0.25) is 0 Å². The largest absolute Gasteiger partial charge is 0.277 e. The zero-order valence-electron chi connectivity index (χ0n) is 13.5. The Hall–Kier alpha value is -2.44. The van der Waals surface area contributed by atoms with Gasteiger partial charge in [-0.3, -0.25) is 5.43 Å². The van der Waals surface area contributed by atoms with E-state index in [0.717, 1.165) is 12.1 Å². The Morgan fingerprint density at radius 3 is 2.68 bits per heavy atom. The second-order valence-corrected chi connectivity index (χ2v) is 6.12. The predicted molar refractivity (Wildman–Crippen MR) is 101 cm³/mol. The maximum atomic E-state index is 6.08. The molecule has 25 heavy (non-hydrogen) atoms. The summed E-state index contributed by atoms with van der Waals surface area (Å²) in [5.74, 6) is 0.692. The van der Waals surface area contributed by atoms with Gasteiger partial charge in [0.15, 0.2) is 5.82 Å². The number of halogens is 2. The molecule has 0 saturated carbocycles. The van der Waals surface area contributed by atoms with Gasteiger partial charge in [-0.1, -0.05) is 42.3 Å². The summed E-state index contributed by atoms with van der Waals surface area (Å²) in [5, 5.41) is 17.1. The minimum absolute atomic E-state index is 0.473. The molecule has 0 atom stereocenters. The minimum atomic E-state index is 0.473. The van der Waals surface area contributed by atoms with E-state index in [9.17, 15) is 0 Å². The van der Waals surface area contributed by atoms with Crippen molar-refractivity contribution in [2.75, 3.05) is 5.43 Å². The number of nitrogens with zero attached hydrogens (tertiary/aromatic N) is 5. The van der Waals surface area contributed by atoms with Crippen molar-refractivity contribution < 1.29 is 0 Å². The molecule has 0 amide bonds. The third-order valence-corrected chi connectivity index (χ3v) is 4.15. The number of rotatable bonds is 6. The zero-order valence-corrected chi connectivity index (χ0v) is 15.0. The van der Waals surface area contributed by atoms with Crippen LogP contribution in [0, 0.1) is 0 Å². The van der Waals surface area contributed by atoms with Crippen LogP contribution in [0.5, 0.6) is 0 Å². The normalized spacial score (nSPS) is 11.2. The average molecular weight is 375 g/mol. The van der Waals surface area contributed by atoms with Gasteiger partial charge in [-0.05, 0) is 52.7 Å². The van der Waals surface area contributed by atoms with Crippen LogP contribution in [0.4, 0.5) is 5.69 Å². The minimum Gasteiger partial charge on any atom is -0.277 e. The molecule has 0 bridgehead atoms. The summed E-state index contributed by atoms with van der Waals surface area (Å²) in [6.07, 6.45) is 3.16. The van der Waals surface area contributed by atoms with Gasteiger partial charge in [0.25, 0.3) is 0 Å². The monoisotopic (exact) mass is 374 g/mol. The highest BCUT2D eigenvalue weighted by molar-refractivity contribution is 6.36. The van der Waals surface area contributed by atoms with Gasteiger partial charge in [-0.2, -0.15) is 9.78 Å². The number of benzene rings is 2. The van der Waals surface area contributed by atoms with Crippen molar-refractivity contribution >= 4 is 35.1 Å². The first-order chi connectivity index (χ1) is 12.2. The highest BCUT2D eigenvalue weighted by Gasteiger charge is 2.07. The van der Waals surface area contributed by atoms with Gasteiger partial charge in [-0.25, -0.2) is 0 Å². The van der Waals surface area contributed by atoms with Crippen molar-refractivity contribution in [3.05, 3.63) is 63.9 Å². The molecule has 128 valence electrons. The van der Waals surface area contributed by atoms with E-state index in [1.54, 1.807) is 29.1 Å². The van der Waals surface area contributed by atoms with Gasteiger partial charge in [0.05, 0.1) is 16.4 Å². The van der Waals surface area contributed by atoms with Crippen LogP contribution in [-0.4, -0.2) is 26.4 Å². The highest BCUT2D eigenvalue weighted by atomic mass is 35.5. The second-order valence-electron chi connectivity index (χ2n) is 5.28. The van der Waals surface area contributed by atoms with E-state index in [4.69, 9.17) is 23.2 Å². The molecular weight excluding hydrogens is 359 g/mol. The van der Waals surface area contributed by atoms with E-state index in [1.165, 1.54) is 5.56 Å². The molecule has 0 aliphatic rings. The molecule has 3 rings (SSSR count). The van der Waals surface area contributed by atoms with Crippen LogP contribution in [0.1, 0.15) is 18.3 Å². The number of anilines is 1. The molecule has 0 fully saturated rings. The highest BCUT2D eigenvalue weighted by Crippen LogP contribution is 2.25. The Morgan fingerprint density at radius 2 is 1.96 bits per heavy atom. The molecule has 0 unspecified atom stereocenters. The summed E-state index contributed by atoms with van der Waals surface area (Å²) in [4.78, 5) is 0. The van der Waals surface area contributed by atoms with Crippen LogP contribution in [0.2, 0.25) is 10.0 Å². The quantitative estimate of drug-likeness (QED) is 0.519. The maximum Gasteiger partial charge on any atom is 0.162 e. The SMILES string of the molecule is CCc1ccc(-n2nnnc2C/C=N/Nc2ccc(Cl)cc2Cl)cc1. The lowest BCUT2D eigenvalue weighted by atomic mass is 10.1. The molecular formula is C17H16Cl2N6. The predicted octanol–water partition coefficient (Wildman–Crippen LogP) is 4.17. The van der Waals surface area contributed by atoms with Crippen LogP contribution in [0.15, 0.2) is 47.6 Å². The van der Waals surface area contributed by atoms with E-state index < -0.39 is 0 Å². The van der Waals surface area contributed by atoms with Crippen LogP contribution in [0.3, 0.4) is 0 Å². The molecule has 0 aliphatic carbocycles. The molecule has 1 heterocycles. The van der Waals surface area contributed by atoms with Crippen molar-refractivity contribution in [3.63, 3.8) is 0 Å². The molecule has 0 aliphatic heterocycles. The fraction of sp³-hybridized carbons (Fsp3) is 0.176. The topological polar surface area (TPSA) is 68.0 Å². The summed E-state index contributed by atoms with van der Waals surface area (Å²) >= 11 is 11.9. The van der Waals surface area contributed by atoms with Crippen LogP contribution >= 0.6 is 23.2 Å². The molecule has 0 spiro atoms. The van der Waals surface area contributed by atoms with Crippen LogP contribution < -0.4 is 5.43 Å². The molecule has 2 aromatic carbocycles. The molecule has 6 nitrogen and oxygen atoms in total. The Bertz CT molecular complexity index is 873. The lowest BCUT2D eigenvalue weighted by molar-refractivity contribution is 0.775. The molecule has 1 aromatic heterocycles. The fourth-order valence-electron chi connectivity index (χ4n) is 2.23. The third-order valence-electron chi connectivity index (χ3n) is 3.60. The molecule has 8 heteroatoms.